The maximum absolute atomic E-state index is 12.9. The molecular formula is C18H20ClN3O. The van der Waals surface area contributed by atoms with Gasteiger partial charge in [-0.3, -0.25) is 9.36 Å². The molecule has 0 bridgehead atoms. The highest BCUT2D eigenvalue weighted by molar-refractivity contribution is 6.30. The van der Waals surface area contributed by atoms with Crippen molar-refractivity contribution in [2.45, 2.75) is 33.6 Å². The molecule has 120 valence electrons. The normalized spacial score (nSPS) is 11.6. The van der Waals surface area contributed by atoms with Crippen LogP contribution in [0.5, 0.6) is 0 Å². The summed E-state index contributed by atoms with van der Waals surface area (Å²) < 4.78 is 3.39. The number of benzene rings is 1. The fourth-order valence-corrected chi connectivity index (χ4v) is 3.19. The average Bonchev–Trinajstić information content (AvgIpc) is 2.81. The van der Waals surface area contributed by atoms with Crippen molar-refractivity contribution in [3.05, 3.63) is 56.5 Å². The molecule has 2 heterocycles. The number of nitrogens with zero attached hydrogens (tertiary/aromatic N) is 3. The standard InChI is InChI=1S/C18H20ClN3O/c1-10(2)15-9-12(4)22-16(15)18(23)21(5)17(20-22)14-7-6-13(19)8-11(14)3/h6-10H,1-5H3. The van der Waals surface area contributed by atoms with Crippen LogP contribution in [0.15, 0.2) is 29.1 Å². The molecule has 0 atom stereocenters. The van der Waals surface area contributed by atoms with E-state index in [0.29, 0.717) is 16.4 Å². The summed E-state index contributed by atoms with van der Waals surface area (Å²) in [6.45, 7) is 8.13. The second kappa shape index (κ2) is 5.53. The van der Waals surface area contributed by atoms with Crippen LogP contribution in [0.1, 0.15) is 36.6 Å². The van der Waals surface area contributed by atoms with Gasteiger partial charge in [0.2, 0.25) is 0 Å². The van der Waals surface area contributed by atoms with Crippen molar-refractivity contribution in [2.75, 3.05) is 0 Å². The summed E-state index contributed by atoms with van der Waals surface area (Å²) in [5.74, 6) is 0.919. The maximum atomic E-state index is 12.9. The molecule has 0 saturated heterocycles. The topological polar surface area (TPSA) is 39.3 Å². The molecule has 3 rings (SSSR count). The van der Waals surface area contributed by atoms with Crippen molar-refractivity contribution in [1.82, 2.24) is 14.2 Å². The molecular weight excluding hydrogens is 310 g/mol. The lowest BCUT2D eigenvalue weighted by molar-refractivity contribution is 0.762. The third-order valence-electron chi connectivity index (χ3n) is 4.25. The molecule has 0 aliphatic heterocycles. The van der Waals surface area contributed by atoms with Gasteiger partial charge in [-0.2, -0.15) is 0 Å². The van der Waals surface area contributed by atoms with E-state index in [2.05, 4.69) is 13.8 Å². The lowest BCUT2D eigenvalue weighted by Crippen LogP contribution is -2.24. The molecule has 0 saturated carbocycles. The summed E-state index contributed by atoms with van der Waals surface area (Å²) in [5, 5.41) is 5.41. The van der Waals surface area contributed by atoms with Crippen molar-refractivity contribution in [3.63, 3.8) is 0 Å². The van der Waals surface area contributed by atoms with E-state index in [1.54, 1.807) is 16.1 Å². The molecule has 0 spiro atoms. The van der Waals surface area contributed by atoms with E-state index in [1.807, 2.05) is 38.1 Å². The van der Waals surface area contributed by atoms with Crippen LogP contribution >= 0.6 is 11.6 Å². The number of hydrogen-bond acceptors (Lipinski definition) is 2. The Morgan fingerprint density at radius 2 is 1.87 bits per heavy atom. The minimum absolute atomic E-state index is 0.0267. The predicted octanol–water partition coefficient (Wildman–Crippen LogP) is 4.09. The predicted molar refractivity (Wildman–Crippen MR) is 94.4 cm³/mol. The average molecular weight is 330 g/mol. The smallest absolute Gasteiger partial charge is 0.278 e. The molecule has 1 aromatic carbocycles. The summed E-state index contributed by atoms with van der Waals surface area (Å²) in [6, 6.07) is 7.66. The quantitative estimate of drug-likeness (QED) is 0.710. The van der Waals surface area contributed by atoms with Gasteiger partial charge in [0, 0.05) is 23.3 Å². The van der Waals surface area contributed by atoms with Crippen LogP contribution in [0.3, 0.4) is 0 Å². The van der Waals surface area contributed by atoms with E-state index in [1.165, 1.54) is 0 Å². The molecule has 0 unspecified atom stereocenters. The number of aromatic nitrogens is 3. The third kappa shape index (κ3) is 2.47. The van der Waals surface area contributed by atoms with Crippen LogP contribution in [0.4, 0.5) is 0 Å². The Balaban J connectivity index is 2.39. The van der Waals surface area contributed by atoms with Crippen LogP contribution in [0, 0.1) is 13.8 Å². The first-order chi connectivity index (χ1) is 10.8. The van der Waals surface area contributed by atoms with Gasteiger partial charge in [-0.1, -0.05) is 25.4 Å². The summed E-state index contributed by atoms with van der Waals surface area (Å²) in [5.41, 5.74) is 4.55. The highest BCUT2D eigenvalue weighted by Crippen LogP contribution is 2.26. The molecule has 0 N–H and O–H groups in total. The van der Waals surface area contributed by atoms with Crippen LogP contribution < -0.4 is 5.56 Å². The fraction of sp³-hybridized carbons (Fsp3) is 0.333. The van der Waals surface area contributed by atoms with E-state index >= 15 is 0 Å². The molecule has 0 aliphatic carbocycles. The SMILES string of the molecule is Cc1cc(Cl)ccc1-c1nn2c(C)cc(C(C)C)c2c(=O)n1C. The molecule has 4 nitrogen and oxygen atoms in total. The van der Waals surface area contributed by atoms with E-state index in [0.717, 1.165) is 22.4 Å². The monoisotopic (exact) mass is 329 g/mol. The number of fused-ring (bicyclic) bond motifs is 1. The van der Waals surface area contributed by atoms with Gasteiger partial charge >= 0.3 is 0 Å². The zero-order valence-electron chi connectivity index (χ0n) is 14.0. The maximum Gasteiger partial charge on any atom is 0.278 e. The molecule has 0 fully saturated rings. The van der Waals surface area contributed by atoms with Gasteiger partial charge in [0.05, 0.1) is 0 Å². The Labute approximate surface area is 140 Å². The first-order valence-electron chi connectivity index (χ1n) is 7.67. The molecule has 2 aromatic heterocycles. The van der Waals surface area contributed by atoms with Crippen molar-refractivity contribution < 1.29 is 0 Å². The highest BCUT2D eigenvalue weighted by Gasteiger charge is 2.18. The molecule has 0 aliphatic rings. The molecule has 0 radical (unpaired) electrons. The first-order valence-corrected chi connectivity index (χ1v) is 8.05. The highest BCUT2D eigenvalue weighted by atomic mass is 35.5. The van der Waals surface area contributed by atoms with Gasteiger partial charge in [-0.15, -0.1) is 5.10 Å². The Hall–Kier alpha value is -2.07. The summed E-state index contributed by atoms with van der Waals surface area (Å²) >= 11 is 6.04. The number of aryl methyl sites for hydroxylation is 2. The van der Waals surface area contributed by atoms with Crippen molar-refractivity contribution in [2.24, 2.45) is 7.05 Å². The van der Waals surface area contributed by atoms with Gasteiger partial charge < -0.3 is 0 Å². The molecule has 5 heteroatoms. The fourth-order valence-electron chi connectivity index (χ4n) is 2.97. The molecule has 23 heavy (non-hydrogen) atoms. The van der Waals surface area contributed by atoms with Crippen LogP contribution in [-0.4, -0.2) is 14.2 Å². The van der Waals surface area contributed by atoms with E-state index in [-0.39, 0.29) is 11.5 Å². The minimum atomic E-state index is -0.0267. The largest absolute Gasteiger partial charge is 0.293 e. The van der Waals surface area contributed by atoms with Crippen molar-refractivity contribution in [3.8, 4) is 11.4 Å². The number of hydrogen-bond donors (Lipinski definition) is 0. The van der Waals surface area contributed by atoms with Crippen molar-refractivity contribution >= 4 is 17.1 Å². The summed E-state index contributed by atoms with van der Waals surface area (Å²) in [6.07, 6.45) is 0. The third-order valence-corrected chi connectivity index (χ3v) is 4.49. The van der Waals surface area contributed by atoms with Gasteiger partial charge in [-0.25, -0.2) is 4.52 Å². The van der Waals surface area contributed by atoms with Gasteiger partial charge in [0.15, 0.2) is 5.82 Å². The number of rotatable bonds is 2. The Morgan fingerprint density at radius 1 is 1.17 bits per heavy atom. The first kappa shape index (κ1) is 15.8. The van der Waals surface area contributed by atoms with Crippen LogP contribution in [0.2, 0.25) is 5.02 Å². The van der Waals surface area contributed by atoms with Crippen LogP contribution in [0.25, 0.3) is 16.9 Å². The second-order valence-electron chi connectivity index (χ2n) is 6.30. The Kier molecular flexibility index (Phi) is 3.80. The number of halogens is 1. The van der Waals surface area contributed by atoms with Crippen LogP contribution in [-0.2, 0) is 7.05 Å². The molecule has 3 aromatic rings. The van der Waals surface area contributed by atoms with E-state index < -0.39 is 0 Å². The minimum Gasteiger partial charge on any atom is -0.293 e. The van der Waals surface area contributed by atoms with Gasteiger partial charge in [0.1, 0.15) is 5.52 Å². The van der Waals surface area contributed by atoms with E-state index in [4.69, 9.17) is 16.7 Å². The second-order valence-corrected chi connectivity index (χ2v) is 6.74. The summed E-state index contributed by atoms with van der Waals surface area (Å²) in [4.78, 5) is 12.9. The lowest BCUT2D eigenvalue weighted by atomic mass is 10.1. The Morgan fingerprint density at radius 3 is 2.48 bits per heavy atom. The molecule has 0 amide bonds. The van der Waals surface area contributed by atoms with E-state index in [9.17, 15) is 4.79 Å². The Bertz CT molecular complexity index is 967. The van der Waals surface area contributed by atoms with Crippen molar-refractivity contribution in [1.29, 1.82) is 0 Å². The van der Waals surface area contributed by atoms with Gasteiger partial charge in [-0.05, 0) is 55.2 Å². The van der Waals surface area contributed by atoms with Gasteiger partial charge in [0.25, 0.3) is 5.56 Å². The zero-order valence-corrected chi connectivity index (χ0v) is 14.8. The lowest BCUT2D eigenvalue weighted by Gasteiger charge is -2.12. The zero-order chi connectivity index (χ0) is 16.9. The summed E-state index contributed by atoms with van der Waals surface area (Å²) in [7, 11) is 1.77.